The van der Waals surface area contributed by atoms with Crippen LogP contribution in [0.4, 0.5) is 22.0 Å². The van der Waals surface area contributed by atoms with Gasteiger partial charge in [-0.05, 0) is 12.5 Å². The van der Waals surface area contributed by atoms with Crippen LogP contribution in [0.5, 0.6) is 0 Å². The number of alkyl halides is 5. The van der Waals surface area contributed by atoms with E-state index >= 15 is 0 Å². The summed E-state index contributed by atoms with van der Waals surface area (Å²) in [5.41, 5.74) is -4.06. The topological polar surface area (TPSA) is 89.0 Å². The molecule has 27 heavy (non-hydrogen) atoms. The Morgan fingerprint density at radius 3 is 2.07 bits per heavy atom. The largest absolute Gasteiger partial charge is 0.458 e. The number of hydrogen-bond donors (Lipinski definition) is 1. The van der Waals surface area contributed by atoms with Gasteiger partial charge in [0.05, 0.1) is 4.90 Å². The van der Waals surface area contributed by atoms with Gasteiger partial charge in [-0.2, -0.15) is 22.0 Å². The Balaban J connectivity index is 2.82. The molecule has 2 rings (SSSR count). The maximum Gasteiger partial charge on any atom is 0.458 e. The summed E-state index contributed by atoms with van der Waals surface area (Å²) in [6.07, 6.45) is -4.57. The molecule has 2 aromatic rings. The van der Waals surface area contributed by atoms with Crippen molar-refractivity contribution in [2.75, 3.05) is 6.26 Å². The summed E-state index contributed by atoms with van der Waals surface area (Å²) in [5.74, 6) is -6.47. The zero-order valence-electron chi connectivity index (χ0n) is 14.1. The van der Waals surface area contributed by atoms with Gasteiger partial charge < -0.3 is 5.10 Å². The molecule has 1 aromatic carbocycles. The average Bonchev–Trinajstić information content (AvgIpc) is 2.83. The van der Waals surface area contributed by atoms with Gasteiger partial charge in [-0.1, -0.05) is 12.1 Å². The van der Waals surface area contributed by atoms with E-state index in [2.05, 4.69) is 5.10 Å². The van der Waals surface area contributed by atoms with E-state index in [1.165, 1.54) is 7.05 Å². The summed E-state index contributed by atoms with van der Waals surface area (Å²) in [4.78, 5) is 23.1. The van der Waals surface area contributed by atoms with E-state index < -0.39 is 60.4 Å². The van der Waals surface area contributed by atoms with Gasteiger partial charge in [-0.3, -0.25) is 14.3 Å². The number of nitrogens with one attached hydrogen (secondary N) is 1. The van der Waals surface area contributed by atoms with E-state index in [1.54, 1.807) is 0 Å². The first-order valence-corrected chi connectivity index (χ1v) is 9.07. The third-order valence-electron chi connectivity index (χ3n) is 3.90. The molecule has 0 radical (unpaired) electrons. The molecule has 0 aliphatic carbocycles. The normalized spacial score (nSPS) is 13.0. The summed E-state index contributed by atoms with van der Waals surface area (Å²) in [7, 11) is -3.28. The lowest BCUT2D eigenvalue weighted by molar-refractivity contribution is -0.290. The van der Waals surface area contributed by atoms with Gasteiger partial charge in [0.2, 0.25) is 0 Å². The van der Waals surface area contributed by atoms with E-state index in [0.717, 1.165) is 17.8 Å². The van der Waals surface area contributed by atoms with Crippen LogP contribution in [-0.4, -0.2) is 36.4 Å². The van der Waals surface area contributed by atoms with Gasteiger partial charge in [-0.25, -0.2) is 8.42 Å². The summed E-state index contributed by atoms with van der Waals surface area (Å²) in [5, 5.41) is 2.40. The van der Waals surface area contributed by atoms with Crippen molar-refractivity contribution in [1.82, 2.24) is 9.78 Å². The van der Waals surface area contributed by atoms with Crippen molar-refractivity contribution in [3.8, 4) is 0 Å². The number of aromatic amines is 1. The predicted octanol–water partition coefficient (Wildman–Crippen LogP) is 2.31. The second-order valence-electron chi connectivity index (χ2n) is 5.84. The number of aryl methyl sites for hydroxylation is 1. The predicted molar refractivity (Wildman–Crippen MR) is 83.7 cm³/mol. The number of benzene rings is 1. The van der Waals surface area contributed by atoms with Gasteiger partial charge in [0.25, 0.3) is 5.56 Å². The number of carbonyl (C=O) groups is 1. The number of rotatable bonds is 4. The first kappa shape index (κ1) is 20.8. The van der Waals surface area contributed by atoms with Crippen LogP contribution in [0.1, 0.15) is 27.0 Å². The minimum absolute atomic E-state index is 0.237. The maximum absolute atomic E-state index is 13.8. The van der Waals surface area contributed by atoms with Crippen LogP contribution in [0.3, 0.4) is 0 Å². The number of carbonyl (C=O) groups excluding carboxylic acids is 1. The van der Waals surface area contributed by atoms with E-state index in [4.69, 9.17) is 0 Å². The highest BCUT2D eigenvalue weighted by Crippen LogP contribution is 2.47. The quantitative estimate of drug-likeness (QED) is 0.617. The lowest BCUT2D eigenvalue weighted by atomic mass is 9.96. The number of aromatic nitrogens is 2. The molecule has 0 saturated heterocycles. The highest BCUT2D eigenvalue weighted by molar-refractivity contribution is 7.90. The lowest BCUT2D eigenvalue weighted by Crippen LogP contribution is -2.35. The molecule has 12 heteroatoms. The van der Waals surface area contributed by atoms with Crippen LogP contribution >= 0.6 is 0 Å². The highest BCUT2D eigenvalue weighted by Gasteiger charge is 2.60. The molecule has 0 aliphatic rings. The molecule has 0 amide bonds. The molecule has 0 aliphatic heterocycles. The van der Waals surface area contributed by atoms with E-state index in [1.807, 2.05) is 0 Å². The monoisotopic (exact) mass is 412 g/mol. The number of halogens is 5. The molecule has 1 heterocycles. The van der Waals surface area contributed by atoms with Crippen LogP contribution in [0.2, 0.25) is 0 Å². The van der Waals surface area contributed by atoms with Gasteiger partial charge in [0, 0.05) is 30.6 Å². The minimum atomic E-state index is -6.04. The second-order valence-corrected chi connectivity index (χ2v) is 7.79. The molecule has 0 atom stereocenters. The number of nitrogens with zero attached hydrogens (tertiary/aromatic N) is 1. The Morgan fingerprint density at radius 1 is 1.11 bits per heavy atom. The number of ketones is 1. The van der Waals surface area contributed by atoms with Crippen LogP contribution in [0, 0.1) is 6.92 Å². The molecule has 0 unspecified atom stereocenters. The molecule has 148 valence electrons. The Bertz CT molecular complexity index is 1080. The SMILES string of the molecule is Cc1c(C(=O)c2c[nH]n(C)c2=O)ccc(C(F)(F)C(F)(F)F)c1S(C)(=O)=O. The van der Waals surface area contributed by atoms with Crippen molar-refractivity contribution in [2.45, 2.75) is 23.9 Å². The van der Waals surface area contributed by atoms with Crippen molar-refractivity contribution < 1.29 is 35.2 Å². The third-order valence-corrected chi connectivity index (χ3v) is 5.17. The Morgan fingerprint density at radius 2 is 1.67 bits per heavy atom. The first-order chi connectivity index (χ1) is 12.1. The molecule has 0 bridgehead atoms. The Hall–Kier alpha value is -2.50. The molecule has 6 nitrogen and oxygen atoms in total. The summed E-state index contributed by atoms with van der Waals surface area (Å²) >= 11 is 0. The van der Waals surface area contributed by atoms with Crippen molar-refractivity contribution in [3.63, 3.8) is 0 Å². The fourth-order valence-electron chi connectivity index (χ4n) is 2.59. The van der Waals surface area contributed by atoms with Crippen molar-refractivity contribution in [1.29, 1.82) is 0 Å². The van der Waals surface area contributed by atoms with E-state index in [-0.39, 0.29) is 6.07 Å². The van der Waals surface area contributed by atoms with Crippen molar-refractivity contribution in [3.05, 3.63) is 50.9 Å². The molecule has 1 N–H and O–H groups in total. The molecular weight excluding hydrogens is 399 g/mol. The number of hydrogen-bond acceptors (Lipinski definition) is 4. The van der Waals surface area contributed by atoms with Crippen molar-refractivity contribution in [2.24, 2.45) is 7.05 Å². The van der Waals surface area contributed by atoms with Crippen LogP contribution in [0.25, 0.3) is 0 Å². The van der Waals surface area contributed by atoms with Gasteiger partial charge in [-0.15, -0.1) is 0 Å². The summed E-state index contributed by atoms with van der Waals surface area (Å²) in [6, 6.07) is 0.884. The van der Waals surface area contributed by atoms with Gasteiger partial charge >= 0.3 is 12.1 Å². The average molecular weight is 412 g/mol. The van der Waals surface area contributed by atoms with Crippen LogP contribution in [-0.2, 0) is 22.8 Å². The number of H-pyrrole nitrogens is 1. The zero-order chi connectivity index (χ0) is 20.9. The Labute approximate surface area is 149 Å². The standard InChI is InChI=1S/C15H13F5N2O4S/c1-7-8(11(23)9-6-21-22(2)13(9)24)4-5-10(12(7)27(3,25)26)14(16,17)15(18,19)20/h4-6,21H,1-3H3. The van der Waals surface area contributed by atoms with Crippen LogP contribution in [0.15, 0.2) is 28.0 Å². The van der Waals surface area contributed by atoms with Crippen molar-refractivity contribution >= 4 is 15.6 Å². The maximum atomic E-state index is 13.8. The molecule has 0 fully saturated rings. The molecule has 0 spiro atoms. The van der Waals surface area contributed by atoms with E-state index in [9.17, 15) is 40.0 Å². The fourth-order valence-corrected chi connectivity index (χ4v) is 3.85. The fraction of sp³-hybridized carbons (Fsp3) is 0.333. The smallest absolute Gasteiger partial charge is 0.302 e. The Kier molecular flexibility index (Phi) is 4.85. The number of sulfone groups is 1. The summed E-state index contributed by atoms with van der Waals surface area (Å²) < 4.78 is 90.7. The molecular formula is C15H13F5N2O4S. The zero-order valence-corrected chi connectivity index (χ0v) is 14.9. The summed E-state index contributed by atoms with van der Waals surface area (Å²) in [6.45, 7) is 0.927. The lowest BCUT2D eigenvalue weighted by Gasteiger charge is -2.23. The molecule has 0 saturated carbocycles. The van der Waals surface area contributed by atoms with Crippen LogP contribution < -0.4 is 5.56 Å². The first-order valence-electron chi connectivity index (χ1n) is 7.18. The minimum Gasteiger partial charge on any atom is -0.302 e. The third kappa shape index (κ3) is 3.40. The highest BCUT2D eigenvalue weighted by atomic mass is 32.2. The van der Waals surface area contributed by atoms with Gasteiger partial charge in [0.1, 0.15) is 5.56 Å². The van der Waals surface area contributed by atoms with E-state index in [0.29, 0.717) is 12.3 Å². The second kappa shape index (κ2) is 6.29. The molecule has 1 aromatic heterocycles. The van der Waals surface area contributed by atoms with Gasteiger partial charge in [0.15, 0.2) is 15.6 Å².